The smallest absolute Gasteiger partial charge is 0.200 e. The monoisotopic (exact) mass is 458 g/mol. The molecule has 1 aromatic rings. The van der Waals surface area contributed by atoms with E-state index in [1.54, 1.807) is 12.1 Å². The van der Waals surface area contributed by atoms with Gasteiger partial charge in [-0.05, 0) is 111 Å². The largest absolute Gasteiger partial charge is 0.490 e. The summed E-state index contributed by atoms with van der Waals surface area (Å²) in [4.78, 5) is 0. The van der Waals surface area contributed by atoms with E-state index in [4.69, 9.17) is 4.74 Å². The number of rotatable bonds is 8. The van der Waals surface area contributed by atoms with Crippen molar-refractivity contribution in [1.29, 1.82) is 0 Å². The van der Waals surface area contributed by atoms with Crippen LogP contribution in [0.4, 0.5) is 8.78 Å². The predicted molar refractivity (Wildman–Crippen MR) is 133 cm³/mol. The third-order valence-corrected chi connectivity index (χ3v) is 9.24. The highest BCUT2D eigenvalue weighted by molar-refractivity contribution is 5.33. The van der Waals surface area contributed by atoms with Crippen LogP contribution in [0, 0.1) is 41.2 Å². The summed E-state index contributed by atoms with van der Waals surface area (Å²) in [6, 6.07) is 3.47. The molecule has 33 heavy (non-hydrogen) atoms. The zero-order chi connectivity index (χ0) is 23.2. The molecule has 0 unspecified atom stereocenters. The van der Waals surface area contributed by atoms with Gasteiger partial charge in [0, 0.05) is 0 Å². The lowest BCUT2D eigenvalue weighted by Gasteiger charge is -2.38. The van der Waals surface area contributed by atoms with Gasteiger partial charge in [0.05, 0.1) is 6.61 Å². The Bertz CT molecular complexity index is 751. The lowest BCUT2D eigenvalue weighted by atomic mass is 9.68. The summed E-state index contributed by atoms with van der Waals surface area (Å²) in [6.45, 7) is 6.66. The molecule has 3 heteroatoms. The normalized spacial score (nSPS) is 32.9. The van der Waals surface area contributed by atoms with Crippen molar-refractivity contribution in [3.8, 4) is 5.75 Å². The molecule has 3 fully saturated rings. The van der Waals surface area contributed by atoms with Crippen molar-refractivity contribution in [2.24, 2.45) is 29.6 Å². The molecule has 0 bridgehead atoms. The Balaban J connectivity index is 1.27. The maximum absolute atomic E-state index is 15.0. The number of hydrogen-bond donors (Lipinski definition) is 0. The topological polar surface area (TPSA) is 9.23 Å². The summed E-state index contributed by atoms with van der Waals surface area (Å²) in [5, 5.41) is 0. The number of allylic oxidation sites excluding steroid dienone is 1. The van der Waals surface area contributed by atoms with Crippen molar-refractivity contribution in [2.45, 2.75) is 103 Å². The molecule has 0 spiro atoms. The molecule has 3 aliphatic carbocycles. The minimum absolute atomic E-state index is 0.0830. The first-order valence-electron chi connectivity index (χ1n) is 13.8. The molecule has 0 radical (unpaired) electrons. The zero-order valence-electron chi connectivity index (χ0n) is 20.7. The van der Waals surface area contributed by atoms with Crippen molar-refractivity contribution in [3.63, 3.8) is 0 Å². The second kappa shape index (κ2) is 11.8. The quantitative estimate of drug-likeness (QED) is 0.353. The van der Waals surface area contributed by atoms with Crippen LogP contribution < -0.4 is 4.74 Å². The van der Waals surface area contributed by atoms with Gasteiger partial charge in [-0.2, -0.15) is 4.39 Å². The van der Waals surface area contributed by atoms with Gasteiger partial charge in [-0.25, -0.2) is 4.39 Å². The second-order valence-corrected chi connectivity index (χ2v) is 11.3. The number of benzene rings is 1. The maximum Gasteiger partial charge on any atom is 0.200 e. The first-order valence-corrected chi connectivity index (χ1v) is 13.8. The van der Waals surface area contributed by atoms with E-state index in [-0.39, 0.29) is 11.7 Å². The highest BCUT2D eigenvalue weighted by Gasteiger charge is 2.32. The van der Waals surface area contributed by atoms with Gasteiger partial charge in [-0.1, -0.05) is 44.7 Å². The summed E-state index contributed by atoms with van der Waals surface area (Å²) < 4.78 is 35.6. The van der Waals surface area contributed by atoms with E-state index in [2.05, 4.69) is 13.5 Å². The molecule has 0 atom stereocenters. The van der Waals surface area contributed by atoms with Gasteiger partial charge in [0.1, 0.15) is 0 Å². The summed E-state index contributed by atoms with van der Waals surface area (Å²) in [7, 11) is 0. The third-order valence-electron chi connectivity index (χ3n) is 9.24. The Labute approximate surface area is 200 Å². The summed E-state index contributed by atoms with van der Waals surface area (Å²) >= 11 is 0. The molecule has 0 aliphatic heterocycles. The minimum Gasteiger partial charge on any atom is -0.490 e. The zero-order valence-corrected chi connectivity index (χ0v) is 20.7. The summed E-state index contributed by atoms with van der Waals surface area (Å²) in [5.41, 5.74) is 0.566. The van der Waals surface area contributed by atoms with Gasteiger partial charge in [0.2, 0.25) is 5.82 Å². The molecule has 1 nitrogen and oxygen atoms in total. The van der Waals surface area contributed by atoms with Crippen LogP contribution in [0.5, 0.6) is 5.75 Å². The fraction of sp³-hybridized carbons (Fsp3) is 0.733. The first-order chi connectivity index (χ1) is 16.1. The minimum atomic E-state index is -0.788. The van der Waals surface area contributed by atoms with E-state index in [9.17, 15) is 4.39 Å². The van der Waals surface area contributed by atoms with E-state index in [0.29, 0.717) is 24.0 Å². The number of halogens is 2. The van der Waals surface area contributed by atoms with Crippen LogP contribution in [-0.4, -0.2) is 6.61 Å². The summed E-state index contributed by atoms with van der Waals surface area (Å²) in [6.07, 6.45) is 19.0. The van der Waals surface area contributed by atoms with Gasteiger partial charge < -0.3 is 4.74 Å². The van der Waals surface area contributed by atoms with E-state index in [1.165, 1.54) is 51.4 Å². The van der Waals surface area contributed by atoms with Crippen LogP contribution in [0.3, 0.4) is 0 Å². The molecule has 1 aromatic carbocycles. The molecule has 3 saturated carbocycles. The Kier molecular flexibility index (Phi) is 8.88. The predicted octanol–water partition coefficient (Wildman–Crippen LogP) is 9.22. The lowest BCUT2D eigenvalue weighted by molar-refractivity contribution is 0.155. The second-order valence-electron chi connectivity index (χ2n) is 11.3. The fourth-order valence-electron chi connectivity index (χ4n) is 7.03. The molecule has 0 saturated heterocycles. The highest BCUT2D eigenvalue weighted by atomic mass is 19.2. The molecule has 4 rings (SSSR count). The molecule has 0 aromatic heterocycles. The van der Waals surface area contributed by atoms with Crippen LogP contribution in [0.15, 0.2) is 24.8 Å². The fourth-order valence-corrected chi connectivity index (χ4v) is 7.03. The summed E-state index contributed by atoms with van der Waals surface area (Å²) in [5.74, 6) is 2.39. The SMILES string of the molecule is C=CC1CCC(COc2ccc(C3CCC(C4CCC(CCC)CC4)CC3)c(F)c2F)CC1. The van der Waals surface area contributed by atoms with Crippen molar-refractivity contribution < 1.29 is 13.5 Å². The van der Waals surface area contributed by atoms with Crippen LogP contribution in [0.1, 0.15) is 108 Å². The van der Waals surface area contributed by atoms with Crippen LogP contribution in [-0.2, 0) is 0 Å². The van der Waals surface area contributed by atoms with Crippen molar-refractivity contribution >= 4 is 0 Å². The average Bonchev–Trinajstić information content (AvgIpc) is 2.86. The molecule has 0 heterocycles. The highest BCUT2D eigenvalue weighted by Crippen LogP contribution is 2.45. The van der Waals surface area contributed by atoms with Crippen molar-refractivity contribution in [1.82, 2.24) is 0 Å². The molecular weight excluding hydrogens is 414 g/mol. The van der Waals surface area contributed by atoms with E-state index >= 15 is 4.39 Å². The van der Waals surface area contributed by atoms with Gasteiger partial charge in [-0.15, -0.1) is 6.58 Å². The van der Waals surface area contributed by atoms with E-state index in [0.717, 1.165) is 56.3 Å². The van der Waals surface area contributed by atoms with Crippen LogP contribution in [0.2, 0.25) is 0 Å². The first kappa shape index (κ1) is 24.7. The van der Waals surface area contributed by atoms with Gasteiger partial charge in [-0.3, -0.25) is 0 Å². The van der Waals surface area contributed by atoms with Gasteiger partial charge in [0.15, 0.2) is 11.6 Å². The molecular formula is C30H44F2O. The Hall–Kier alpha value is -1.38. The number of ether oxygens (including phenoxy) is 1. The molecule has 0 amide bonds. The molecule has 3 aliphatic rings. The Morgan fingerprint density at radius 3 is 2.03 bits per heavy atom. The van der Waals surface area contributed by atoms with Crippen molar-refractivity contribution in [3.05, 3.63) is 42.0 Å². The van der Waals surface area contributed by atoms with Crippen LogP contribution in [0.25, 0.3) is 0 Å². The Morgan fingerprint density at radius 1 is 0.818 bits per heavy atom. The Morgan fingerprint density at radius 2 is 1.42 bits per heavy atom. The molecule has 0 N–H and O–H groups in total. The van der Waals surface area contributed by atoms with Gasteiger partial charge >= 0.3 is 0 Å². The number of hydrogen-bond acceptors (Lipinski definition) is 1. The average molecular weight is 459 g/mol. The maximum atomic E-state index is 15.0. The standard InChI is InChI=1S/C30H44F2O/c1-3-5-22-10-12-24(13-11-22)25-14-16-26(17-15-25)27-18-19-28(30(32)29(27)31)33-20-23-8-6-21(4-2)7-9-23/h4,18-19,21-26H,2-3,5-17,20H2,1H3. The molecule has 184 valence electrons. The van der Waals surface area contributed by atoms with Crippen LogP contribution >= 0.6 is 0 Å². The van der Waals surface area contributed by atoms with Gasteiger partial charge in [0.25, 0.3) is 0 Å². The third kappa shape index (κ3) is 6.20. The van der Waals surface area contributed by atoms with Crippen molar-refractivity contribution in [2.75, 3.05) is 6.61 Å². The van der Waals surface area contributed by atoms with E-state index < -0.39 is 11.6 Å². The van der Waals surface area contributed by atoms with E-state index in [1.807, 2.05) is 6.08 Å². The lowest BCUT2D eigenvalue weighted by Crippen LogP contribution is -2.25.